The fourth-order valence-corrected chi connectivity index (χ4v) is 2.75. The van der Waals surface area contributed by atoms with Gasteiger partial charge in [0.2, 0.25) is 0 Å². The van der Waals surface area contributed by atoms with Crippen molar-refractivity contribution < 1.29 is 0 Å². The summed E-state index contributed by atoms with van der Waals surface area (Å²) in [4.78, 5) is 12.7. The van der Waals surface area contributed by atoms with Crippen LogP contribution in [0, 0.1) is 0 Å². The van der Waals surface area contributed by atoms with Crippen LogP contribution in [0.15, 0.2) is 72.0 Å². The lowest BCUT2D eigenvalue weighted by atomic mass is 10.1. The van der Waals surface area contributed by atoms with E-state index < -0.39 is 0 Å². The van der Waals surface area contributed by atoms with Crippen LogP contribution >= 0.6 is 0 Å². The molecule has 0 aliphatic carbocycles. The molecule has 0 amide bonds. The minimum atomic E-state index is -0.213. The maximum Gasteiger partial charge on any atom is 0.301 e. The molecule has 0 spiro atoms. The van der Waals surface area contributed by atoms with Gasteiger partial charge >= 0.3 is 5.56 Å². The Bertz CT molecular complexity index is 1030. The first-order valence-corrected chi connectivity index (χ1v) is 7.34. The average molecular weight is 302 g/mol. The van der Waals surface area contributed by atoms with Gasteiger partial charge < -0.3 is 0 Å². The summed E-state index contributed by atoms with van der Waals surface area (Å²) in [6.07, 6.45) is 1.76. The van der Waals surface area contributed by atoms with Crippen molar-refractivity contribution in [2.75, 3.05) is 0 Å². The van der Waals surface area contributed by atoms with Crippen molar-refractivity contribution in [3.05, 3.63) is 77.6 Å². The topological polar surface area (TPSA) is 52.7 Å². The SMILES string of the molecule is C=CCn1nc2c(=O)n(-c3ccccc3)nc-2c2ccccc21. The number of aromatic nitrogens is 4. The third kappa shape index (κ3) is 2.05. The molecule has 2 aromatic rings. The summed E-state index contributed by atoms with van der Waals surface area (Å²) in [6.45, 7) is 4.29. The second-order valence-electron chi connectivity index (χ2n) is 5.24. The largest absolute Gasteiger partial charge is 0.301 e. The van der Waals surface area contributed by atoms with Gasteiger partial charge in [0.25, 0.3) is 0 Å². The Labute approximate surface area is 132 Å². The lowest BCUT2D eigenvalue weighted by Gasteiger charge is -2.09. The van der Waals surface area contributed by atoms with E-state index in [-0.39, 0.29) is 5.56 Å². The number of allylic oxidation sites excluding steroid dienone is 1. The molecule has 0 saturated heterocycles. The van der Waals surface area contributed by atoms with Gasteiger partial charge in [-0.05, 0) is 18.2 Å². The van der Waals surface area contributed by atoms with Crippen LogP contribution in [0.4, 0.5) is 0 Å². The molecule has 0 atom stereocenters. The van der Waals surface area contributed by atoms with Gasteiger partial charge in [-0.1, -0.05) is 42.5 Å². The lowest BCUT2D eigenvalue weighted by molar-refractivity contribution is 0.715. The molecule has 0 saturated carbocycles. The number of fused-ring (bicyclic) bond motifs is 3. The van der Waals surface area contributed by atoms with E-state index in [1.165, 1.54) is 4.68 Å². The Balaban J connectivity index is 2.10. The van der Waals surface area contributed by atoms with Crippen LogP contribution in [0.3, 0.4) is 0 Å². The maximum absolute atomic E-state index is 12.7. The van der Waals surface area contributed by atoms with Gasteiger partial charge in [-0.15, -0.1) is 6.58 Å². The monoisotopic (exact) mass is 302 g/mol. The second-order valence-corrected chi connectivity index (χ2v) is 5.24. The Morgan fingerprint density at radius 3 is 2.48 bits per heavy atom. The highest BCUT2D eigenvalue weighted by molar-refractivity contribution is 5.92. The molecular formula is C18H14N4O. The maximum atomic E-state index is 12.7. The van der Waals surface area contributed by atoms with Crippen molar-refractivity contribution in [1.29, 1.82) is 0 Å². The zero-order valence-corrected chi connectivity index (χ0v) is 12.4. The average Bonchev–Trinajstić information content (AvgIpc) is 2.93. The molecule has 2 heterocycles. The molecular weight excluding hydrogens is 288 g/mol. The van der Waals surface area contributed by atoms with E-state index in [0.717, 1.165) is 16.6 Å². The molecule has 0 bridgehead atoms. The van der Waals surface area contributed by atoms with E-state index in [1.54, 1.807) is 10.8 Å². The van der Waals surface area contributed by atoms with E-state index >= 15 is 0 Å². The molecule has 0 unspecified atom stereocenters. The van der Waals surface area contributed by atoms with E-state index in [9.17, 15) is 4.79 Å². The lowest BCUT2D eigenvalue weighted by Crippen LogP contribution is -2.17. The first-order valence-electron chi connectivity index (χ1n) is 7.34. The van der Waals surface area contributed by atoms with Crippen molar-refractivity contribution in [3.8, 4) is 17.1 Å². The fourth-order valence-electron chi connectivity index (χ4n) is 2.75. The minimum Gasteiger partial charge on any atom is -0.265 e. The number of hydrogen-bond acceptors (Lipinski definition) is 3. The number of para-hydroxylation sites is 2. The summed E-state index contributed by atoms with van der Waals surface area (Å²) >= 11 is 0. The summed E-state index contributed by atoms with van der Waals surface area (Å²) in [5, 5.41) is 9.91. The van der Waals surface area contributed by atoms with E-state index in [2.05, 4.69) is 16.8 Å². The van der Waals surface area contributed by atoms with Crippen LogP contribution in [0.1, 0.15) is 0 Å². The van der Waals surface area contributed by atoms with Crippen LogP contribution in [-0.2, 0) is 6.54 Å². The van der Waals surface area contributed by atoms with Crippen molar-refractivity contribution in [1.82, 2.24) is 19.6 Å². The van der Waals surface area contributed by atoms with Crippen LogP contribution in [0.2, 0.25) is 0 Å². The molecule has 2 aromatic carbocycles. The molecule has 5 heteroatoms. The first kappa shape index (κ1) is 13.5. The molecule has 0 fully saturated rings. The number of hydrogen-bond donors (Lipinski definition) is 0. The number of rotatable bonds is 3. The standard InChI is InChI=1S/C18H14N4O/c1-2-12-21-15-11-7-6-10-14(15)16-17(19-21)18(23)22(20-16)13-8-4-3-5-9-13/h2-11H,1,12H2. The van der Waals surface area contributed by atoms with Crippen LogP contribution in [0.25, 0.3) is 28.0 Å². The van der Waals surface area contributed by atoms with Crippen molar-refractivity contribution in [3.63, 3.8) is 0 Å². The molecule has 4 rings (SSSR count). The quantitative estimate of drug-likeness (QED) is 0.547. The third-order valence-corrected chi connectivity index (χ3v) is 3.78. The highest BCUT2D eigenvalue weighted by Crippen LogP contribution is 2.25. The summed E-state index contributed by atoms with van der Waals surface area (Å²) in [7, 11) is 0. The predicted octanol–water partition coefficient (Wildman–Crippen LogP) is 2.87. The van der Waals surface area contributed by atoms with Crippen LogP contribution in [0.5, 0.6) is 0 Å². The molecule has 0 radical (unpaired) electrons. The van der Waals surface area contributed by atoms with Gasteiger partial charge in [-0.3, -0.25) is 9.48 Å². The van der Waals surface area contributed by atoms with Gasteiger partial charge in [0.15, 0.2) is 5.69 Å². The van der Waals surface area contributed by atoms with E-state index in [0.29, 0.717) is 17.9 Å². The van der Waals surface area contributed by atoms with Crippen molar-refractivity contribution in [2.24, 2.45) is 0 Å². The van der Waals surface area contributed by atoms with Gasteiger partial charge in [0, 0.05) is 5.39 Å². The van der Waals surface area contributed by atoms with E-state index in [1.807, 2.05) is 54.6 Å². The molecule has 2 aliphatic heterocycles. The summed E-state index contributed by atoms with van der Waals surface area (Å²) in [6, 6.07) is 17.2. The molecule has 5 nitrogen and oxygen atoms in total. The van der Waals surface area contributed by atoms with E-state index in [4.69, 9.17) is 0 Å². The second kappa shape index (κ2) is 5.21. The molecule has 0 aromatic heterocycles. The first-order chi connectivity index (χ1) is 11.3. The molecule has 2 aliphatic rings. The Morgan fingerprint density at radius 1 is 0.957 bits per heavy atom. The van der Waals surface area contributed by atoms with Gasteiger partial charge in [0.05, 0.1) is 17.7 Å². The Morgan fingerprint density at radius 2 is 1.70 bits per heavy atom. The normalized spacial score (nSPS) is 11.1. The summed E-state index contributed by atoms with van der Waals surface area (Å²) < 4.78 is 3.19. The van der Waals surface area contributed by atoms with Gasteiger partial charge in [-0.2, -0.15) is 14.9 Å². The van der Waals surface area contributed by atoms with Crippen LogP contribution in [-0.4, -0.2) is 19.6 Å². The zero-order chi connectivity index (χ0) is 15.8. The highest BCUT2D eigenvalue weighted by Gasteiger charge is 2.21. The molecule has 0 N–H and O–H groups in total. The fraction of sp³-hybridized carbons (Fsp3) is 0.0556. The molecule has 23 heavy (non-hydrogen) atoms. The minimum absolute atomic E-state index is 0.213. The van der Waals surface area contributed by atoms with Crippen molar-refractivity contribution in [2.45, 2.75) is 6.54 Å². The highest BCUT2D eigenvalue weighted by atomic mass is 16.1. The van der Waals surface area contributed by atoms with Gasteiger partial charge in [0.1, 0.15) is 5.69 Å². The summed E-state index contributed by atoms with van der Waals surface area (Å²) in [5.74, 6) is 0. The number of benzene rings is 2. The summed E-state index contributed by atoms with van der Waals surface area (Å²) in [5.41, 5.74) is 2.44. The zero-order valence-electron chi connectivity index (χ0n) is 12.4. The Kier molecular flexibility index (Phi) is 3.05. The predicted molar refractivity (Wildman–Crippen MR) is 89.9 cm³/mol. The van der Waals surface area contributed by atoms with Crippen molar-refractivity contribution >= 4 is 10.9 Å². The smallest absolute Gasteiger partial charge is 0.265 e. The Hall–Kier alpha value is -3.21. The molecule has 112 valence electrons. The third-order valence-electron chi connectivity index (χ3n) is 3.78. The number of nitrogens with zero attached hydrogens (tertiary/aromatic N) is 4. The van der Waals surface area contributed by atoms with Crippen LogP contribution < -0.4 is 5.56 Å². The van der Waals surface area contributed by atoms with Gasteiger partial charge in [-0.25, -0.2) is 0 Å².